The summed E-state index contributed by atoms with van der Waals surface area (Å²) in [6, 6.07) is 5.54. The highest BCUT2D eigenvalue weighted by Gasteiger charge is 2.56. The molecule has 0 spiro atoms. The van der Waals surface area contributed by atoms with E-state index in [9.17, 15) is 27.7 Å². The lowest BCUT2D eigenvalue weighted by molar-refractivity contribution is -0.141. The van der Waals surface area contributed by atoms with E-state index in [4.69, 9.17) is 8.92 Å². The van der Waals surface area contributed by atoms with Crippen LogP contribution in [0.15, 0.2) is 46.6 Å². The van der Waals surface area contributed by atoms with E-state index in [1.165, 1.54) is 6.42 Å². The minimum Gasteiger partial charge on any atom is -0.497 e. The molecule has 0 radical (unpaired) electrons. The third-order valence-corrected chi connectivity index (χ3v) is 13.4. The maximum Gasteiger partial charge on any atom is 0.397 e. The minimum absolute atomic E-state index is 0.137. The summed E-state index contributed by atoms with van der Waals surface area (Å²) in [5, 5.41) is 12.5. The molecule has 3 N–H and O–H groups in total. The van der Waals surface area contributed by atoms with Gasteiger partial charge >= 0.3 is 16.4 Å². The molecule has 0 bridgehead atoms. The first-order valence-corrected chi connectivity index (χ1v) is 18.7. The number of methoxy groups -OCH3 is 1. The molecule has 0 aromatic heterocycles. The summed E-state index contributed by atoms with van der Waals surface area (Å²) in [6.45, 7) is 11.0. The number of aliphatic carboxylic acids is 1. The van der Waals surface area contributed by atoms with E-state index >= 15 is 0 Å². The predicted octanol–water partition coefficient (Wildman–Crippen LogP) is 7.60. The number of carbonyl (C=O) groups excluding carboxylic acids is 1. The quantitative estimate of drug-likeness (QED) is 0.124. The van der Waals surface area contributed by atoms with Crippen molar-refractivity contribution in [3.8, 4) is 5.75 Å². The number of hydrogen-bond acceptors (Lipinski definition) is 6. The lowest BCUT2D eigenvalue weighted by atomic mass is 9.49. The first-order chi connectivity index (χ1) is 22.1. The van der Waals surface area contributed by atoms with Crippen molar-refractivity contribution in [2.24, 2.45) is 34.5 Å². The van der Waals surface area contributed by atoms with Gasteiger partial charge in [-0.1, -0.05) is 49.6 Å². The largest absolute Gasteiger partial charge is 0.497 e. The molecule has 5 rings (SSSR count). The Morgan fingerprint density at radius 1 is 1.04 bits per heavy atom. The summed E-state index contributed by atoms with van der Waals surface area (Å²) >= 11 is 0. The SMILES string of the molecule is COc1ccc([C@H](NC(=O)C(C)=C(C)CC[C@@H](C)[C@@H]2CCC3=C4CC[C@@H]5C[C@@H](OS(=O)(=O)O)CC[C@]5(C)[C@H]4CC[C@@]32C)C(=O)O)cc1. The number of carboxylic acid groups (broad SMARTS) is 1. The molecule has 260 valence electrons. The van der Waals surface area contributed by atoms with Gasteiger partial charge in [-0.25, -0.2) is 8.98 Å². The minimum atomic E-state index is -4.44. The fraction of sp³-hybridized carbons (Fsp3) is 0.676. The molecule has 47 heavy (non-hydrogen) atoms. The fourth-order valence-corrected chi connectivity index (χ4v) is 10.5. The van der Waals surface area contributed by atoms with Crippen LogP contribution in [0.4, 0.5) is 0 Å². The molecule has 1 aromatic carbocycles. The zero-order valence-electron chi connectivity index (χ0n) is 28.8. The summed E-state index contributed by atoms with van der Waals surface area (Å²) in [6.07, 6.45) is 10.4. The van der Waals surface area contributed by atoms with E-state index in [0.29, 0.717) is 53.4 Å². The summed E-state index contributed by atoms with van der Waals surface area (Å²) in [5.74, 6) is 1.12. The number of fused-ring (bicyclic) bond motifs is 4. The Bertz CT molecular complexity index is 1530. The van der Waals surface area contributed by atoms with Gasteiger partial charge in [-0.15, -0.1) is 0 Å². The molecule has 0 aliphatic heterocycles. The van der Waals surface area contributed by atoms with Crippen LogP contribution in [-0.2, 0) is 24.2 Å². The Morgan fingerprint density at radius 2 is 1.74 bits per heavy atom. The summed E-state index contributed by atoms with van der Waals surface area (Å²) in [5.41, 5.74) is 5.71. The summed E-state index contributed by atoms with van der Waals surface area (Å²) < 4.78 is 42.2. The number of rotatable bonds is 11. The maximum absolute atomic E-state index is 13.2. The monoisotopic (exact) mass is 671 g/mol. The number of carboxylic acids is 1. The first-order valence-electron chi connectivity index (χ1n) is 17.3. The standard InChI is InChI=1S/C37H53NO8S/c1-22(24(3)34(39)38-33(35(40)41)25-9-12-27(45-6)13-10-25)7-8-23(2)30-15-16-31-29-14-11-26-21-28(46-47(42,43)44)17-19-36(26,4)32(29)18-20-37(30,31)5/h9-10,12-13,23,26,28,30,32-33H,7-8,11,14-21H2,1-6H3,(H,38,39)(H,40,41)(H,42,43,44)/t23-,26-,28+,30+,32+,33+,36+,37-/m1/s1. The van der Waals surface area contributed by atoms with E-state index in [1.54, 1.807) is 49.4 Å². The number of hydrogen-bond donors (Lipinski definition) is 3. The first kappa shape index (κ1) is 35.6. The third kappa shape index (κ3) is 7.20. The fourth-order valence-electron chi connectivity index (χ4n) is 10.0. The van der Waals surface area contributed by atoms with Gasteiger partial charge < -0.3 is 15.2 Å². The number of carbonyl (C=O) groups is 2. The zero-order chi connectivity index (χ0) is 34.3. The van der Waals surface area contributed by atoms with Crippen molar-refractivity contribution in [2.45, 2.75) is 117 Å². The molecular weight excluding hydrogens is 618 g/mol. The molecule has 8 atom stereocenters. The molecule has 1 amide bonds. The van der Waals surface area contributed by atoms with Gasteiger partial charge in [-0.2, -0.15) is 8.42 Å². The van der Waals surface area contributed by atoms with E-state index in [2.05, 4.69) is 26.1 Å². The van der Waals surface area contributed by atoms with Crippen LogP contribution >= 0.6 is 0 Å². The van der Waals surface area contributed by atoms with Crippen molar-refractivity contribution in [2.75, 3.05) is 7.11 Å². The lowest BCUT2D eigenvalue weighted by Crippen LogP contribution is -2.48. The molecule has 3 fully saturated rings. The van der Waals surface area contributed by atoms with Crippen molar-refractivity contribution in [3.63, 3.8) is 0 Å². The van der Waals surface area contributed by atoms with Crippen LogP contribution in [-0.4, -0.2) is 43.2 Å². The van der Waals surface area contributed by atoms with E-state index in [-0.39, 0.29) is 16.7 Å². The van der Waals surface area contributed by atoms with Crippen LogP contribution in [0, 0.1) is 34.5 Å². The Hall–Kier alpha value is -2.69. The van der Waals surface area contributed by atoms with Gasteiger partial charge in [-0.3, -0.25) is 9.35 Å². The molecule has 1 aromatic rings. The van der Waals surface area contributed by atoms with Gasteiger partial charge in [0.2, 0.25) is 5.91 Å². The average molecular weight is 672 g/mol. The second-order valence-corrected chi connectivity index (χ2v) is 16.3. The highest BCUT2D eigenvalue weighted by molar-refractivity contribution is 7.80. The van der Waals surface area contributed by atoms with Crippen molar-refractivity contribution in [1.82, 2.24) is 5.32 Å². The van der Waals surface area contributed by atoms with Crippen molar-refractivity contribution in [1.29, 1.82) is 0 Å². The van der Waals surface area contributed by atoms with Crippen LogP contribution in [0.25, 0.3) is 0 Å². The van der Waals surface area contributed by atoms with Gasteiger partial charge in [0.05, 0.1) is 13.2 Å². The van der Waals surface area contributed by atoms with Crippen molar-refractivity contribution >= 4 is 22.3 Å². The molecule has 0 heterocycles. The predicted molar refractivity (Wildman–Crippen MR) is 180 cm³/mol. The van der Waals surface area contributed by atoms with Crippen LogP contribution in [0.3, 0.4) is 0 Å². The highest BCUT2D eigenvalue weighted by Crippen LogP contribution is 2.66. The number of allylic oxidation sites excluding steroid dienone is 3. The molecule has 4 aliphatic carbocycles. The smallest absolute Gasteiger partial charge is 0.397 e. The summed E-state index contributed by atoms with van der Waals surface area (Å²) in [4.78, 5) is 25.2. The van der Waals surface area contributed by atoms with Gasteiger partial charge in [0, 0.05) is 5.57 Å². The second-order valence-electron chi connectivity index (χ2n) is 15.3. The Morgan fingerprint density at radius 3 is 2.38 bits per heavy atom. The molecule has 3 saturated carbocycles. The highest BCUT2D eigenvalue weighted by atomic mass is 32.3. The van der Waals surface area contributed by atoms with E-state index < -0.39 is 28.5 Å². The van der Waals surface area contributed by atoms with Gasteiger partial charge in [-0.05, 0) is 137 Å². The number of benzene rings is 1. The van der Waals surface area contributed by atoms with Gasteiger partial charge in [0.1, 0.15) is 5.75 Å². The number of amides is 1. The average Bonchev–Trinajstić information content (AvgIpc) is 3.38. The van der Waals surface area contributed by atoms with Crippen LogP contribution in [0.5, 0.6) is 5.75 Å². The Kier molecular flexibility index (Phi) is 10.4. The molecule has 4 aliphatic rings. The van der Waals surface area contributed by atoms with E-state index in [0.717, 1.165) is 56.9 Å². The second kappa shape index (κ2) is 13.7. The molecule has 0 saturated heterocycles. The Labute approximate surface area is 280 Å². The number of ether oxygens (including phenoxy) is 1. The van der Waals surface area contributed by atoms with Crippen molar-refractivity contribution < 1.29 is 36.6 Å². The molecule has 10 heteroatoms. The lowest BCUT2D eigenvalue weighted by Gasteiger charge is -2.57. The van der Waals surface area contributed by atoms with Crippen LogP contribution in [0.1, 0.15) is 117 Å². The van der Waals surface area contributed by atoms with Crippen molar-refractivity contribution in [3.05, 3.63) is 52.1 Å². The van der Waals surface area contributed by atoms with E-state index in [1.807, 2.05) is 6.92 Å². The molecule has 9 nitrogen and oxygen atoms in total. The van der Waals surface area contributed by atoms with Crippen LogP contribution < -0.4 is 10.1 Å². The Balaban J connectivity index is 1.23. The summed E-state index contributed by atoms with van der Waals surface area (Å²) in [7, 11) is -2.89. The maximum atomic E-state index is 13.2. The van der Waals surface area contributed by atoms with Gasteiger partial charge in [0.15, 0.2) is 6.04 Å². The molecular formula is C37H53NO8S. The third-order valence-electron chi connectivity index (χ3n) is 12.9. The van der Waals surface area contributed by atoms with Crippen LogP contribution in [0.2, 0.25) is 0 Å². The zero-order valence-corrected chi connectivity index (χ0v) is 29.6. The topological polar surface area (TPSA) is 139 Å². The molecule has 0 unspecified atom stereocenters. The number of nitrogens with one attached hydrogen (secondary N) is 1. The van der Waals surface area contributed by atoms with Gasteiger partial charge in [0.25, 0.3) is 0 Å². The normalized spacial score (nSPS) is 32.3.